The molecule has 3 rings (SSSR count). The molecule has 0 aliphatic heterocycles. The van der Waals surface area contributed by atoms with Crippen molar-refractivity contribution in [1.82, 2.24) is 0 Å². The minimum absolute atomic E-state index is 0.00754. The summed E-state index contributed by atoms with van der Waals surface area (Å²) >= 11 is 0. The van der Waals surface area contributed by atoms with E-state index in [1.54, 1.807) is 6.08 Å². The average Bonchev–Trinajstić information content (AvgIpc) is 2.73. The molecular weight excluding hydrogens is 392 g/mol. The smallest absolute Gasteiger partial charge is 0.429 e. The Morgan fingerprint density at radius 2 is 1.70 bits per heavy atom. The topological polar surface area (TPSA) is 9.23 Å². The number of allylic oxidation sites excluding steroid dienone is 2. The van der Waals surface area contributed by atoms with Crippen LogP contribution < -0.4 is 0 Å². The van der Waals surface area contributed by atoms with Crippen LogP contribution in [0, 0.1) is 36.3 Å². The van der Waals surface area contributed by atoms with Gasteiger partial charge in [0.15, 0.2) is 11.6 Å². The van der Waals surface area contributed by atoms with E-state index in [9.17, 15) is 17.6 Å². The lowest BCUT2D eigenvalue weighted by atomic mass is 9.71. The molecule has 0 heterocycles. The van der Waals surface area contributed by atoms with Gasteiger partial charge in [0.25, 0.3) is 0 Å². The average molecular weight is 427 g/mol. The van der Waals surface area contributed by atoms with Crippen LogP contribution in [0.4, 0.5) is 17.6 Å². The molecule has 1 saturated carbocycles. The summed E-state index contributed by atoms with van der Waals surface area (Å²) in [6, 6.07) is 2.05. The van der Waals surface area contributed by atoms with Crippen molar-refractivity contribution in [2.75, 3.05) is 0 Å². The summed E-state index contributed by atoms with van der Waals surface area (Å²) in [5, 5.41) is 0. The van der Waals surface area contributed by atoms with E-state index in [2.05, 4.69) is 6.92 Å². The van der Waals surface area contributed by atoms with Crippen molar-refractivity contribution in [3.8, 4) is 0 Å². The molecule has 168 valence electrons. The van der Waals surface area contributed by atoms with Crippen LogP contribution in [0.25, 0.3) is 0 Å². The van der Waals surface area contributed by atoms with E-state index in [0.717, 1.165) is 30.9 Å². The molecule has 1 unspecified atom stereocenters. The van der Waals surface area contributed by atoms with Crippen molar-refractivity contribution in [1.29, 1.82) is 0 Å². The van der Waals surface area contributed by atoms with Crippen LogP contribution in [0.1, 0.15) is 88.7 Å². The number of rotatable bonds is 8. The molecular formula is C25H34F4O. The van der Waals surface area contributed by atoms with E-state index in [1.165, 1.54) is 58.3 Å². The molecule has 1 fully saturated rings. The van der Waals surface area contributed by atoms with E-state index >= 15 is 0 Å². The molecule has 2 aliphatic rings. The van der Waals surface area contributed by atoms with Crippen LogP contribution in [0.5, 0.6) is 0 Å². The van der Waals surface area contributed by atoms with Crippen molar-refractivity contribution in [2.45, 2.75) is 90.6 Å². The Balaban J connectivity index is 1.52. The minimum atomic E-state index is -3.88. The summed E-state index contributed by atoms with van der Waals surface area (Å²) < 4.78 is 61.5. The van der Waals surface area contributed by atoms with E-state index < -0.39 is 23.3 Å². The van der Waals surface area contributed by atoms with Crippen molar-refractivity contribution < 1.29 is 22.3 Å². The summed E-state index contributed by atoms with van der Waals surface area (Å²) in [7, 11) is 0. The molecule has 0 radical (unpaired) electrons. The van der Waals surface area contributed by atoms with E-state index in [4.69, 9.17) is 4.74 Å². The molecule has 1 aromatic carbocycles. The number of benzene rings is 1. The number of ether oxygens (including phenoxy) is 1. The van der Waals surface area contributed by atoms with Gasteiger partial charge in [-0.05, 0) is 68.1 Å². The van der Waals surface area contributed by atoms with E-state index in [1.807, 2.05) is 0 Å². The van der Waals surface area contributed by atoms with Gasteiger partial charge in [0.1, 0.15) is 5.56 Å². The lowest BCUT2D eigenvalue weighted by Crippen LogP contribution is -2.25. The molecule has 1 nitrogen and oxygen atoms in total. The Morgan fingerprint density at radius 1 is 0.967 bits per heavy atom. The number of alkyl halides is 2. The third kappa shape index (κ3) is 5.59. The molecule has 0 spiro atoms. The second kappa shape index (κ2) is 10.2. The van der Waals surface area contributed by atoms with Gasteiger partial charge in [-0.15, -0.1) is 0 Å². The first kappa shape index (κ1) is 23.1. The van der Waals surface area contributed by atoms with Crippen molar-refractivity contribution in [2.24, 2.45) is 17.8 Å². The van der Waals surface area contributed by atoms with Gasteiger partial charge in [0.2, 0.25) is 0 Å². The number of unbranched alkanes of at least 4 members (excludes halogenated alkanes) is 2. The monoisotopic (exact) mass is 426 g/mol. The first-order chi connectivity index (χ1) is 14.3. The highest BCUT2D eigenvalue weighted by Gasteiger charge is 2.40. The van der Waals surface area contributed by atoms with Crippen molar-refractivity contribution >= 4 is 0 Å². The molecule has 1 atom stereocenters. The number of hydrogen-bond acceptors (Lipinski definition) is 1. The van der Waals surface area contributed by atoms with Gasteiger partial charge in [-0.3, -0.25) is 0 Å². The Hall–Kier alpha value is -1.52. The predicted octanol–water partition coefficient (Wildman–Crippen LogP) is 8.41. The van der Waals surface area contributed by atoms with Gasteiger partial charge in [0, 0.05) is 6.42 Å². The quantitative estimate of drug-likeness (QED) is 0.299. The molecule has 2 aliphatic carbocycles. The lowest BCUT2D eigenvalue weighted by Gasteiger charge is -2.35. The number of halogens is 4. The zero-order valence-electron chi connectivity index (χ0n) is 18.2. The third-order valence-electron chi connectivity index (χ3n) is 7.03. The Morgan fingerprint density at radius 3 is 2.33 bits per heavy atom. The summed E-state index contributed by atoms with van der Waals surface area (Å²) in [6.07, 6.45) is 10.1. The predicted molar refractivity (Wildman–Crippen MR) is 111 cm³/mol. The highest BCUT2D eigenvalue weighted by Crippen LogP contribution is 2.43. The fraction of sp³-hybridized carbons (Fsp3) is 0.680. The van der Waals surface area contributed by atoms with Crippen LogP contribution >= 0.6 is 0 Å². The van der Waals surface area contributed by atoms with Gasteiger partial charge >= 0.3 is 6.11 Å². The van der Waals surface area contributed by atoms with Crippen LogP contribution in [0.15, 0.2) is 24.0 Å². The minimum Gasteiger partial charge on any atom is -0.434 e. The Bertz CT molecular complexity index is 735. The Kier molecular flexibility index (Phi) is 7.86. The SMILES string of the molecule is CCCCCC1CCC(C2CC=C(OC(F)(F)c3ccc(C)c(F)c3F)CC2)CC1. The molecule has 0 aromatic heterocycles. The van der Waals surface area contributed by atoms with Crippen molar-refractivity contribution in [3.05, 3.63) is 46.7 Å². The molecule has 0 saturated heterocycles. The third-order valence-corrected chi connectivity index (χ3v) is 7.03. The van der Waals surface area contributed by atoms with E-state index in [0.29, 0.717) is 18.3 Å². The van der Waals surface area contributed by atoms with E-state index in [-0.39, 0.29) is 11.3 Å². The summed E-state index contributed by atoms with van der Waals surface area (Å²) in [4.78, 5) is 0. The zero-order chi connectivity index (χ0) is 21.7. The number of aryl methyl sites for hydroxylation is 1. The molecule has 0 N–H and O–H groups in total. The van der Waals surface area contributed by atoms with Crippen LogP contribution in [0.2, 0.25) is 0 Å². The molecule has 0 bridgehead atoms. The Labute approximate surface area is 177 Å². The first-order valence-electron chi connectivity index (χ1n) is 11.5. The standard InChI is InChI=1S/C25H34F4O/c1-3-4-5-6-18-8-10-19(11-9-18)20-12-14-21(15-13-20)30-25(28,29)22-16-7-17(2)23(26)24(22)27/h7,14,16,18-20H,3-6,8-13,15H2,1-2H3. The fourth-order valence-electron chi connectivity index (χ4n) is 5.07. The maximum absolute atomic E-state index is 14.5. The molecule has 1 aromatic rings. The first-order valence-corrected chi connectivity index (χ1v) is 11.5. The molecule has 0 amide bonds. The van der Waals surface area contributed by atoms with Gasteiger partial charge in [-0.25, -0.2) is 8.78 Å². The summed E-state index contributed by atoms with van der Waals surface area (Å²) in [5.41, 5.74) is -1.05. The van der Waals surface area contributed by atoms with Crippen LogP contribution in [0.3, 0.4) is 0 Å². The van der Waals surface area contributed by atoms with Gasteiger partial charge in [-0.1, -0.05) is 51.5 Å². The second-order valence-corrected chi connectivity index (χ2v) is 9.16. The van der Waals surface area contributed by atoms with Crippen LogP contribution in [-0.2, 0) is 10.8 Å². The maximum Gasteiger partial charge on any atom is 0.429 e. The largest absolute Gasteiger partial charge is 0.434 e. The summed E-state index contributed by atoms with van der Waals surface area (Å²) in [6.45, 7) is 3.57. The van der Waals surface area contributed by atoms with Gasteiger partial charge in [-0.2, -0.15) is 8.78 Å². The van der Waals surface area contributed by atoms with Gasteiger partial charge in [0.05, 0.1) is 5.76 Å². The molecule has 30 heavy (non-hydrogen) atoms. The lowest BCUT2D eigenvalue weighted by molar-refractivity contribution is -0.228. The normalized spacial score (nSPS) is 25.1. The summed E-state index contributed by atoms with van der Waals surface area (Å²) in [5.74, 6) is -0.576. The highest BCUT2D eigenvalue weighted by atomic mass is 19.3. The number of hydrogen-bond donors (Lipinski definition) is 0. The van der Waals surface area contributed by atoms with Crippen LogP contribution in [-0.4, -0.2) is 0 Å². The van der Waals surface area contributed by atoms with Gasteiger partial charge < -0.3 is 4.74 Å². The van der Waals surface area contributed by atoms with Crippen molar-refractivity contribution in [3.63, 3.8) is 0 Å². The zero-order valence-corrected chi connectivity index (χ0v) is 18.2. The highest BCUT2D eigenvalue weighted by molar-refractivity contribution is 5.28. The molecule has 5 heteroatoms. The fourth-order valence-corrected chi connectivity index (χ4v) is 5.07. The second-order valence-electron chi connectivity index (χ2n) is 9.16. The maximum atomic E-state index is 14.5.